The third-order valence-electron chi connectivity index (χ3n) is 7.04. The summed E-state index contributed by atoms with van der Waals surface area (Å²) >= 11 is 0. The van der Waals surface area contributed by atoms with Gasteiger partial charge in [0.05, 0.1) is 0 Å². The van der Waals surface area contributed by atoms with Crippen molar-refractivity contribution in [2.45, 2.75) is 38.3 Å². The largest absolute Gasteiger partial charge is 0.463 e. The molecular formula is C30H28O10. The molecule has 208 valence electrons. The van der Waals surface area contributed by atoms with E-state index in [9.17, 15) is 30.0 Å². The van der Waals surface area contributed by atoms with Crippen LogP contribution in [0.4, 0.5) is 0 Å². The van der Waals surface area contributed by atoms with Crippen LogP contribution in [0.25, 0.3) is 12.2 Å². The number of rotatable bonds is 12. The molecule has 0 aromatic carbocycles. The molecule has 0 saturated heterocycles. The third-order valence-corrected chi connectivity index (χ3v) is 7.04. The number of carbonyl (C=O) groups excluding carboxylic acids is 2. The van der Waals surface area contributed by atoms with E-state index in [0.29, 0.717) is 46.1 Å². The normalized spacial score (nSPS) is 20.9. The smallest absolute Gasteiger partial charge is 0.160 e. The van der Waals surface area contributed by atoms with Gasteiger partial charge >= 0.3 is 0 Å². The van der Waals surface area contributed by atoms with Crippen molar-refractivity contribution < 1.29 is 47.7 Å². The molecule has 0 spiro atoms. The van der Waals surface area contributed by atoms with Crippen molar-refractivity contribution >= 4 is 23.7 Å². The molecule has 1 fully saturated rings. The van der Waals surface area contributed by atoms with Gasteiger partial charge in [0.15, 0.2) is 11.6 Å². The van der Waals surface area contributed by atoms with Crippen LogP contribution in [-0.2, 0) is 36.0 Å². The highest BCUT2D eigenvalue weighted by Gasteiger charge is 2.59. The minimum atomic E-state index is -0.772. The van der Waals surface area contributed by atoms with E-state index in [2.05, 4.69) is 0 Å². The number of aliphatic hydroxyl groups excluding tert-OH is 4. The van der Waals surface area contributed by atoms with E-state index in [1.165, 1.54) is 24.3 Å². The van der Waals surface area contributed by atoms with Gasteiger partial charge in [-0.25, -0.2) is 0 Å². The summed E-state index contributed by atoms with van der Waals surface area (Å²) in [6, 6.07) is 12.9. The van der Waals surface area contributed by atoms with Crippen LogP contribution in [0.3, 0.4) is 0 Å². The summed E-state index contributed by atoms with van der Waals surface area (Å²) in [4.78, 5) is 27.3. The zero-order valence-corrected chi connectivity index (χ0v) is 21.3. The Kier molecular flexibility index (Phi) is 8.13. The summed E-state index contributed by atoms with van der Waals surface area (Å²) in [5.41, 5.74) is 0. The predicted octanol–water partition coefficient (Wildman–Crippen LogP) is 3.71. The Morgan fingerprint density at radius 3 is 1.23 bits per heavy atom. The molecule has 10 heteroatoms. The molecule has 4 N–H and O–H groups in total. The van der Waals surface area contributed by atoms with Crippen molar-refractivity contribution in [2.24, 2.45) is 11.8 Å². The first-order chi connectivity index (χ1) is 19.4. The first kappa shape index (κ1) is 27.4. The molecule has 1 saturated carbocycles. The lowest BCUT2D eigenvalue weighted by Crippen LogP contribution is -2.50. The molecule has 0 aliphatic heterocycles. The van der Waals surface area contributed by atoms with Crippen molar-refractivity contribution in [1.29, 1.82) is 0 Å². The van der Waals surface area contributed by atoms with E-state index in [-0.39, 0.29) is 38.0 Å². The second kappa shape index (κ2) is 11.9. The molecular weight excluding hydrogens is 520 g/mol. The van der Waals surface area contributed by atoms with Crippen LogP contribution in [-0.4, -0.2) is 32.0 Å². The van der Waals surface area contributed by atoms with Gasteiger partial charge in [-0.2, -0.15) is 0 Å². The number of furan rings is 4. The molecule has 5 rings (SSSR count). The van der Waals surface area contributed by atoms with E-state index < -0.39 is 23.7 Å². The molecule has 4 heterocycles. The molecule has 4 aromatic heterocycles. The van der Waals surface area contributed by atoms with Crippen LogP contribution in [0.1, 0.15) is 57.9 Å². The van der Waals surface area contributed by atoms with E-state index in [4.69, 9.17) is 17.7 Å². The molecule has 1 aliphatic carbocycles. The topological polar surface area (TPSA) is 168 Å². The fourth-order valence-corrected chi connectivity index (χ4v) is 5.17. The van der Waals surface area contributed by atoms with Gasteiger partial charge in [-0.15, -0.1) is 0 Å². The van der Waals surface area contributed by atoms with Crippen LogP contribution in [0.2, 0.25) is 0 Å². The monoisotopic (exact) mass is 548 g/mol. The van der Waals surface area contributed by atoms with E-state index in [1.807, 2.05) is 0 Å². The van der Waals surface area contributed by atoms with Gasteiger partial charge in [0.1, 0.15) is 72.5 Å². The Bertz CT molecular complexity index is 1400. The van der Waals surface area contributed by atoms with Crippen LogP contribution < -0.4 is 0 Å². The number of ketones is 2. The number of carbonyl (C=O) groups is 2. The standard InChI is InChI=1S/C30H28O10/c31-13-19-3-1-17(37-19)5-9-23(35)27-29(25-11-7-21(15-33)39-25)28(30(27)26-12-8-22(16-34)40-26)24(36)10-6-18-2-4-20(14-32)38-18/h1-12,27-34H,13-16H2/b9-5+,10-6+. The average Bonchev–Trinajstić information content (AvgIpc) is 3.77. The molecule has 4 aromatic rings. The maximum absolute atomic E-state index is 13.7. The maximum Gasteiger partial charge on any atom is 0.160 e. The van der Waals surface area contributed by atoms with Gasteiger partial charge in [-0.3, -0.25) is 9.59 Å². The first-order valence-corrected chi connectivity index (χ1v) is 12.7. The first-order valence-electron chi connectivity index (χ1n) is 12.7. The van der Waals surface area contributed by atoms with Crippen molar-refractivity contribution in [3.05, 3.63) is 107 Å². The number of allylic oxidation sites excluding steroid dienone is 2. The third kappa shape index (κ3) is 5.43. The number of hydrogen-bond acceptors (Lipinski definition) is 10. The summed E-state index contributed by atoms with van der Waals surface area (Å²) < 4.78 is 22.5. The van der Waals surface area contributed by atoms with Crippen LogP contribution >= 0.6 is 0 Å². The average molecular weight is 549 g/mol. The molecule has 0 radical (unpaired) electrons. The van der Waals surface area contributed by atoms with E-state index >= 15 is 0 Å². The van der Waals surface area contributed by atoms with Gasteiger partial charge in [0.2, 0.25) is 0 Å². The fourth-order valence-electron chi connectivity index (χ4n) is 5.17. The van der Waals surface area contributed by atoms with Crippen molar-refractivity contribution in [3.8, 4) is 0 Å². The Morgan fingerprint density at radius 1 is 0.550 bits per heavy atom. The SMILES string of the molecule is O=C(/C=C/c1ccc(CO)o1)C1C(c2ccc(CO)o2)C(C(=O)/C=C/c2ccc(CO)o2)C1c1ccc(CO)o1. The summed E-state index contributed by atoms with van der Waals surface area (Å²) in [6.07, 6.45) is 5.68. The fraction of sp³-hybridized carbons (Fsp3) is 0.267. The van der Waals surface area contributed by atoms with Crippen molar-refractivity contribution in [2.75, 3.05) is 0 Å². The van der Waals surface area contributed by atoms with Crippen LogP contribution in [0.15, 0.2) is 78.4 Å². The van der Waals surface area contributed by atoms with Gasteiger partial charge < -0.3 is 38.1 Å². The Hall–Kier alpha value is -4.22. The lowest BCUT2D eigenvalue weighted by atomic mass is 9.52. The van der Waals surface area contributed by atoms with Crippen molar-refractivity contribution in [1.82, 2.24) is 0 Å². The Balaban J connectivity index is 1.51. The molecule has 40 heavy (non-hydrogen) atoms. The zero-order valence-electron chi connectivity index (χ0n) is 21.3. The Labute approximate surface area is 228 Å². The molecule has 0 amide bonds. The maximum atomic E-state index is 13.7. The minimum Gasteiger partial charge on any atom is -0.463 e. The summed E-state index contributed by atoms with van der Waals surface area (Å²) in [7, 11) is 0. The lowest BCUT2D eigenvalue weighted by molar-refractivity contribution is -0.134. The molecule has 0 unspecified atom stereocenters. The molecule has 1 aliphatic rings. The van der Waals surface area contributed by atoms with Gasteiger partial charge in [-0.1, -0.05) is 0 Å². The second-order valence-corrected chi connectivity index (χ2v) is 9.42. The van der Waals surface area contributed by atoms with Gasteiger partial charge in [0, 0.05) is 23.7 Å². The quantitative estimate of drug-likeness (QED) is 0.192. The Morgan fingerprint density at radius 2 is 0.900 bits per heavy atom. The van der Waals surface area contributed by atoms with E-state index in [0.717, 1.165) is 0 Å². The van der Waals surface area contributed by atoms with Crippen LogP contribution in [0.5, 0.6) is 0 Å². The second-order valence-electron chi connectivity index (χ2n) is 9.42. The summed E-state index contributed by atoms with van der Waals surface area (Å²) in [5.74, 6) is -0.753. The molecule has 10 nitrogen and oxygen atoms in total. The number of aliphatic hydroxyl groups is 4. The van der Waals surface area contributed by atoms with Gasteiger partial charge in [0.25, 0.3) is 0 Å². The van der Waals surface area contributed by atoms with Crippen molar-refractivity contribution in [3.63, 3.8) is 0 Å². The zero-order chi connectivity index (χ0) is 28.2. The highest BCUT2D eigenvalue weighted by Crippen LogP contribution is 2.59. The number of hydrogen-bond donors (Lipinski definition) is 4. The summed E-state index contributed by atoms with van der Waals surface area (Å²) in [6.45, 7) is -1.24. The highest BCUT2D eigenvalue weighted by atomic mass is 16.4. The molecule has 0 atom stereocenters. The van der Waals surface area contributed by atoms with Crippen LogP contribution in [0, 0.1) is 11.8 Å². The predicted molar refractivity (Wildman–Crippen MR) is 139 cm³/mol. The minimum absolute atomic E-state index is 0.275. The molecule has 0 bridgehead atoms. The summed E-state index contributed by atoms with van der Waals surface area (Å²) in [5, 5.41) is 37.6. The lowest BCUT2D eigenvalue weighted by Gasteiger charge is -2.47. The highest BCUT2D eigenvalue weighted by molar-refractivity contribution is 6.03. The van der Waals surface area contributed by atoms with Gasteiger partial charge in [-0.05, 0) is 72.8 Å². The van der Waals surface area contributed by atoms with E-state index in [1.54, 1.807) is 48.5 Å².